The van der Waals surface area contributed by atoms with Crippen molar-refractivity contribution in [1.82, 2.24) is 0 Å². The molecule has 1 atom stereocenters. The van der Waals surface area contributed by atoms with Crippen molar-refractivity contribution < 1.29 is 18.3 Å². The fourth-order valence-electron chi connectivity index (χ4n) is 2.02. The topological polar surface area (TPSA) is 18.5 Å². The van der Waals surface area contributed by atoms with Gasteiger partial charge < -0.3 is 9.47 Å². The zero-order valence-corrected chi connectivity index (χ0v) is 14.5. The van der Waals surface area contributed by atoms with Crippen LogP contribution in [-0.4, -0.2) is 14.2 Å². The molecule has 2 nitrogen and oxygen atoms in total. The molecule has 6 heteroatoms. The van der Waals surface area contributed by atoms with Gasteiger partial charge in [0.25, 0.3) is 0 Å². The van der Waals surface area contributed by atoms with Crippen molar-refractivity contribution in [1.29, 1.82) is 0 Å². The van der Waals surface area contributed by atoms with Gasteiger partial charge in [-0.15, -0.1) is 0 Å². The lowest BCUT2D eigenvalue weighted by molar-refractivity contribution is 0.386. The molecule has 21 heavy (non-hydrogen) atoms. The third-order valence-electron chi connectivity index (χ3n) is 2.97. The lowest BCUT2D eigenvalue weighted by Gasteiger charge is -2.18. The first-order valence-corrected chi connectivity index (χ1v) is 7.69. The molecule has 2 aromatic rings. The first-order chi connectivity index (χ1) is 9.97. The molecule has 0 aliphatic rings. The van der Waals surface area contributed by atoms with Crippen LogP contribution in [0.1, 0.15) is 16.0 Å². The van der Waals surface area contributed by atoms with E-state index < -0.39 is 16.5 Å². The van der Waals surface area contributed by atoms with Gasteiger partial charge in [0.05, 0.1) is 19.0 Å². The van der Waals surface area contributed by atoms with E-state index >= 15 is 0 Å². The van der Waals surface area contributed by atoms with Crippen molar-refractivity contribution in [2.75, 3.05) is 14.2 Å². The monoisotopic (exact) mass is 420 g/mol. The smallest absolute Gasteiger partial charge is 0.141 e. The van der Waals surface area contributed by atoms with Gasteiger partial charge in [-0.3, -0.25) is 0 Å². The third kappa shape index (κ3) is 3.37. The second-order valence-electron chi connectivity index (χ2n) is 4.27. The van der Waals surface area contributed by atoms with Gasteiger partial charge >= 0.3 is 0 Å². The number of alkyl halides is 1. The molecule has 2 aromatic carbocycles. The van der Waals surface area contributed by atoms with Gasteiger partial charge in [-0.2, -0.15) is 0 Å². The summed E-state index contributed by atoms with van der Waals surface area (Å²) >= 11 is 6.86. The molecule has 2 rings (SSSR count). The van der Waals surface area contributed by atoms with Gasteiger partial charge in [-0.25, -0.2) is 8.78 Å². The van der Waals surface area contributed by atoms with Crippen molar-refractivity contribution in [2.24, 2.45) is 0 Å². The van der Waals surface area contributed by atoms with Crippen LogP contribution in [0.2, 0.25) is 0 Å². The van der Waals surface area contributed by atoms with Crippen LogP contribution in [0, 0.1) is 11.6 Å². The van der Waals surface area contributed by atoms with Gasteiger partial charge in [0.1, 0.15) is 27.6 Å². The Bertz CT molecular complexity index is 642. The van der Waals surface area contributed by atoms with Crippen molar-refractivity contribution in [2.45, 2.75) is 4.83 Å². The summed E-state index contributed by atoms with van der Waals surface area (Å²) < 4.78 is 38.0. The van der Waals surface area contributed by atoms with E-state index in [-0.39, 0.29) is 0 Å². The zero-order valence-electron chi connectivity index (χ0n) is 11.3. The van der Waals surface area contributed by atoms with Crippen molar-refractivity contribution >= 4 is 31.9 Å². The van der Waals surface area contributed by atoms with Crippen LogP contribution in [-0.2, 0) is 0 Å². The van der Waals surface area contributed by atoms with Gasteiger partial charge in [0.15, 0.2) is 0 Å². The van der Waals surface area contributed by atoms with Crippen LogP contribution >= 0.6 is 31.9 Å². The predicted molar refractivity (Wildman–Crippen MR) is 84.4 cm³/mol. The molecule has 0 bridgehead atoms. The number of ether oxygens (including phenoxy) is 2. The highest BCUT2D eigenvalue weighted by atomic mass is 79.9. The lowest BCUT2D eigenvalue weighted by Crippen LogP contribution is -2.00. The summed E-state index contributed by atoms with van der Waals surface area (Å²) in [5.74, 6) is -0.0939. The minimum Gasteiger partial charge on any atom is -0.495 e. The Morgan fingerprint density at radius 3 is 2.14 bits per heavy atom. The Balaban J connectivity index is 2.52. The molecule has 0 saturated heterocycles. The summed E-state index contributed by atoms with van der Waals surface area (Å²) in [7, 11) is 3.07. The molecule has 112 valence electrons. The van der Waals surface area contributed by atoms with E-state index in [2.05, 4.69) is 31.9 Å². The van der Waals surface area contributed by atoms with Crippen molar-refractivity contribution in [3.8, 4) is 11.5 Å². The molecule has 0 N–H and O–H groups in total. The molecule has 0 radical (unpaired) electrons. The number of benzene rings is 2. The van der Waals surface area contributed by atoms with E-state index in [0.717, 1.165) is 11.6 Å². The van der Waals surface area contributed by atoms with E-state index in [9.17, 15) is 8.78 Å². The summed E-state index contributed by atoms with van der Waals surface area (Å²) in [5.41, 5.74) is 1.19. The molecule has 0 fully saturated rings. The first kappa shape index (κ1) is 16.2. The van der Waals surface area contributed by atoms with Crippen molar-refractivity contribution in [3.63, 3.8) is 0 Å². The molecule has 0 aromatic heterocycles. The molecule has 0 saturated carbocycles. The second kappa shape index (κ2) is 6.75. The third-order valence-corrected chi connectivity index (χ3v) is 4.74. The van der Waals surface area contributed by atoms with Crippen LogP contribution in [0.4, 0.5) is 8.78 Å². The Kier molecular flexibility index (Phi) is 5.22. The average molecular weight is 422 g/mol. The zero-order chi connectivity index (χ0) is 15.6. The van der Waals surface area contributed by atoms with Crippen LogP contribution in [0.25, 0.3) is 0 Å². The highest BCUT2D eigenvalue weighted by Gasteiger charge is 2.20. The minimum atomic E-state index is -0.624. The van der Waals surface area contributed by atoms with E-state index in [0.29, 0.717) is 21.5 Å². The molecule has 0 aliphatic carbocycles. The summed E-state index contributed by atoms with van der Waals surface area (Å²) in [5, 5.41) is 0. The summed E-state index contributed by atoms with van der Waals surface area (Å²) in [4.78, 5) is -0.417. The quantitative estimate of drug-likeness (QED) is 0.629. The fraction of sp³-hybridized carbons (Fsp3) is 0.200. The van der Waals surface area contributed by atoms with E-state index in [1.807, 2.05) is 0 Å². The van der Waals surface area contributed by atoms with Gasteiger partial charge in [-0.1, -0.05) is 22.0 Å². The van der Waals surface area contributed by atoms with Crippen molar-refractivity contribution in [3.05, 3.63) is 57.6 Å². The largest absolute Gasteiger partial charge is 0.495 e. The molecule has 0 spiro atoms. The van der Waals surface area contributed by atoms with Gasteiger partial charge in [-0.05, 0) is 39.7 Å². The number of halogens is 4. The summed E-state index contributed by atoms with van der Waals surface area (Å²) in [6.07, 6.45) is 0. The Morgan fingerprint density at radius 1 is 1.00 bits per heavy atom. The highest BCUT2D eigenvalue weighted by Crippen LogP contribution is 2.44. The van der Waals surface area contributed by atoms with E-state index in [4.69, 9.17) is 9.47 Å². The first-order valence-electron chi connectivity index (χ1n) is 5.98. The molecular formula is C15H12Br2F2O2. The maximum absolute atomic E-state index is 13.4. The molecule has 1 unspecified atom stereocenters. The van der Waals surface area contributed by atoms with E-state index in [1.165, 1.54) is 19.2 Å². The fourth-order valence-corrected chi connectivity index (χ4v) is 3.33. The SMILES string of the molecule is COc1ccc(C(Br)c2cc(F)cc(F)c2)c(OC)c1Br. The summed E-state index contributed by atoms with van der Waals surface area (Å²) in [6, 6.07) is 6.93. The van der Waals surface area contributed by atoms with Crippen LogP contribution in [0.3, 0.4) is 0 Å². The van der Waals surface area contributed by atoms with Crippen LogP contribution in [0.5, 0.6) is 11.5 Å². The number of methoxy groups -OCH3 is 2. The van der Waals surface area contributed by atoms with Gasteiger partial charge in [0.2, 0.25) is 0 Å². The predicted octanol–water partition coefficient (Wildman–Crippen LogP) is 5.23. The molecular weight excluding hydrogens is 410 g/mol. The average Bonchev–Trinajstić information content (AvgIpc) is 2.45. The normalized spacial score (nSPS) is 12.1. The van der Waals surface area contributed by atoms with E-state index in [1.54, 1.807) is 19.2 Å². The standard InChI is InChI=1S/C15H12Br2F2O2/c1-20-12-4-3-11(15(21-2)14(12)17)13(16)8-5-9(18)7-10(19)6-8/h3-7,13H,1-2H3. The maximum Gasteiger partial charge on any atom is 0.141 e. The lowest BCUT2D eigenvalue weighted by atomic mass is 10.0. The molecule has 0 heterocycles. The molecule has 0 aliphatic heterocycles. The van der Waals surface area contributed by atoms with Crippen LogP contribution in [0.15, 0.2) is 34.8 Å². The molecule has 0 amide bonds. The Labute approximate surface area is 138 Å². The number of hydrogen-bond acceptors (Lipinski definition) is 2. The Hall–Kier alpha value is -1.14. The number of rotatable bonds is 4. The van der Waals surface area contributed by atoms with Gasteiger partial charge in [0, 0.05) is 11.6 Å². The highest BCUT2D eigenvalue weighted by molar-refractivity contribution is 9.10. The second-order valence-corrected chi connectivity index (χ2v) is 5.98. The van der Waals surface area contributed by atoms with Crippen LogP contribution < -0.4 is 9.47 Å². The number of hydrogen-bond donors (Lipinski definition) is 0. The minimum absolute atomic E-state index is 0.417. The Morgan fingerprint density at radius 2 is 1.62 bits per heavy atom. The summed E-state index contributed by atoms with van der Waals surface area (Å²) in [6.45, 7) is 0. The maximum atomic E-state index is 13.4.